The van der Waals surface area contributed by atoms with E-state index < -0.39 is 15.9 Å². The molecule has 168 valence electrons. The average Bonchev–Trinajstić information content (AvgIpc) is 2.80. The minimum absolute atomic E-state index is 0.0765. The molecule has 0 atom stereocenters. The molecule has 7 nitrogen and oxygen atoms in total. The molecule has 0 heterocycles. The molecule has 0 unspecified atom stereocenters. The Balaban J connectivity index is 2.16. The fourth-order valence-electron chi connectivity index (χ4n) is 2.97. The molecule has 0 aliphatic carbocycles. The Bertz CT molecular complexity index is 1170. The van der Waals surface area contributed by atoms with Gasteiger partial charge in [0.25, 0.3) is 15.9 Å². The van der Waals surface area contributed by atoms with Gasteiger partial charge >= 0.3 is 0 Å². The van der Waals surface area contributed by atoms with Crippen molar-refractivity contribution >= 4 is 33.2 Å². The molecule has 0 aromatic heterocycles. The summed E-state index contributed by atoms with van der Waals surface area (Å²) in [4.78, 5) is 13.5. The molecule has 1 amide bonds. The molecular weight excluding hydrogens is 454 g/mol. The van der Waals surface area contributed by atoms with Gasteiger partial charge in [-0.2, -0.15) is 4.31 Å². The Morgan fingerprint density at radius 1 is 0.875 bits per heavy atom. The standard InChI is InChI=1S/C23H22ClNO6S/c1-4-31-19-9-7-18(8-10-19)25(32(27,28)22-11-5-17(24)6-12-22)23(26)16-13-20(29-2)15-21(14-16)30-3/h5-15H,4H2,1-3H3. The lowest BCUT2D eigenvalue weighted by Gasteiger charge is -2.23. The first-order valence-corrected chi connectivity index (χ1v) is 11.4. The largest absolute Gasteiger partial charge is 0.497 e. The van der Waals surface area contributed by atoms with Crippen molar-refractivity contribution in [2.45, 2.75) is 11.8 Å². The lowest BCUT2D eigenvalue weighted by atomic mass is 10.1. The normalized spacial score (nSPS) is 11.0. The molecule has 0 fully saturated rings. The molecular formula is C23H22ClNO6S. The fraction of sp³-hybridized carbons (Fsp3) is 0.174. The Hall–Kier alpha value is -3.23. The van der Waals surface area contributed by atoms with Gasteiger partial charge in [0.05, 0.1) is 31.4 Å². The van der Waals surface area contributed by atoms with E-state index in [1.807, 2.05) is 6.92 Å². The van der Waals surface area contributed by atoms with E-state index in [1.54, 1.807) is 18.2 Å². The van der Waals surface area contributed by atoms with E-state index in [2.05, 4.69) is 0 Å². The molecule has 0 aliphatic heterocycles. The van der Waals surface area contributed by atoms with Crippen molar-refractivity contribution < 1.29 is 27.4 Å². The molecule has 0 N–H and O–H groups in total. The van der Waals surface area contributed by atoms with Gasteiger partial charge in [0.1, 0.15) is 17.2 Å². The monoisotopic (exact) mass is 475 g/mol. The smallest absolute Gasteiger partial charge is 0.272 e. The maximum atomic E-state index is 13.6. The molecule has 0 aliphatic rings. The van der Waals surface area contributed by atoms with Crippen LogP contribution >= 0.6 is 11.6 Å². The SMILES string of the molecule is CCOc1ccc(N(C(=O)c2cc(OC)cc(OC)c2)S(=O)(=O)c2ccc(Cl)cc2)cc1. The van der Waals surface area contributed by atoms with E-state index in [0.29, 0.717) is 28.9 Å². The Morgan fingerprint density at radius 2 is 1.44 bits per heavy atom. The zero-order valence-corrected chi connectivity index (χ0v) is 19.3. The van der Waals surface area contributed by atoms with Crippen LogP contribution in [0.25, 0.3) is 0 Å². The van der Waals surface area contributed by atoms with Crippen molar-refractivity contribution in [1.29, 1.82) is 0 Å². The number of anilines is 1. The molecule has 9 heteroatoms. The third kappa shape index (κ3) is 4.98. The number of rotatable bonds is 8. The van der Waals surface area contributed by atoms with Crippen LogP contribution in [0.5, 0.6) is 17.2 Å². The van der Waals surface area contributed by atoms with Crippen LogP contribution in [0.3, 0.4) is 0 Å². The highest BCUT2D eigenvalue weighted by atomic mass is 35.5. The second-order valence-corrected chi connectivity index (χ2v) is 8.78. The Labute approximate surface area is 192 Å². The molecule has 0 spiro atoms. The number of sulfonamides is 1. The van der Waals surface area contributed by atoms with Crippen LogP contribution in [0, 0.1) is 0 Å². The number of carbonyl (C=O) groups excluding carboxylic acids is 1. The molecule has 0 saturated carbocycles. The van der Waals surface area contributed by atoms with E-state index >= 15 is 0 Å². The number of amides is 1. The van der Waals surface area contributed by atoms with Gasteiger partial charge in [-0.1, -0.05) is 11.6 Å². The lowest BCUT2D eigenvalue weighted by molar-refractivity contribution is 0.100. The lowest BCUT2D eigenvalue weighted by Crippen LogP contribution is -2.37. The third-order valence-corrected chi connectivity index (χ3v) is 6.49. The number of benzene rings is 3. The molecule has 3 rings (SSSR count). The number of carbonyl (C=O) groups is 1. The van der Waals surface area contributed by atoms with Crippen LogP contribution in [-0.4, -0.2) is 35.2 Å². The number of hydrogen-bond donors (Lipinski definition) is 0. The number of methoxy groups -OCH3 is 2. The fourth-order valence-corrected chi connectivity index (χ4v) is 4.51. The number of ether oxygens (including phenoxy) is 3. The first-order valence-electron chi connectivity index (χ1n) is 9.61. The predicted molar refractivity (Wildman–Crippen MR) is 123 cm³/mol. The van der Waals surface area contributed by atoms with Gasteiger partial charge in [-0.25, -0.2) is 8.42 Å². The van der Waals surface area contributed by atoms with Crippen molar-refractivity contribution in [2.75, 3.05) is 25.1 Å². The quantitative estimate of drug-likeness (QED) is 0.465. The zero-order chi connectivity index (χ0) is 23.3. The summed E-state index contributed by atoms with van der Waals surface area (Å²) in [5.41, 5.74) is 0.225. The van der Waals surface area contributed by atoms with Crippen LogP contribution in [0.4, 0.5) is 5.69 Å². The molecule has 0 bridgehead atoms. The second-order valence-electron chi connectivity index (χ2n) is 6.56. The highest BCUT2D eigenvalue weighted by Gasteiger charge is 2.32. The third-order valence-electron chi connectivity index (χ3n) is 4.52. The highest BCUT2D eigenvalue weighted by molar-refractivity contribution is 7.93. The maximum Gasteiger partial charge on any atom is 0.272 e. The minimum Gasteiger partial charge on any atom is -0.497 e. The zero-order valence-electron chi connectivity index (χ0n) is 17.7. The van der Waals surface area contributed by atoms with Gasteiger partial charge in [-0.15, -0.1) is 0 Å². The van der Waals surface area contributed by atoms with Crippen molar-refractivity contribution in [2.24, 2.45) is 0 Å². The van der Waals surface area contributed by atoms with E-state index in [-0.39, 0.29) is 16.1 Å². The summed E-state index contributed by atoms with van der Waals surface area (Å²) in [6.45, 7) is 2.29. The van der Waals surface area contributed by atoms with E-state index in [0.717, 1.165) is 4.31 Å². The Kier molecular flexibility index (Phi) is 7.27. The van der Waals surface area contributed by atoms with E-state index in [9.17, 15) is 13.2 Å². The molecule has 3 aromatic carbocycles. The molecule has 3 aromatic rings. The summed E-state index contributed by atoms with van der Waals surface area (Å²) in [6, 6.07) is 16.3. The van der Waals surface area contributed by atoms with Crippen LogP contribution in [-0.2, 0) is 10.0 Å². The van der Waals surface area contributed by atoms with E-state index in [1.165, 1.54) is 62.8 Å². The molecule has 32 heavy (non-hydrogen) atoms. The van der Waals surface area contributed by atoms with Gasteiger partial charge in [-0.05, 0) is 67.6 Å². The summed E-state index contributed by atoms with van der Waals surface area (Å²) in [5, 5.41) is 0.375. The highest BCUT2D eigenvalue weighted by Crippen LogP contribution is 2.31. The van der Waals surface area contributed by atoms with Gasteiger partial charge < -0.3 is 14.2 Å². The van der Waals surface area contributed by atoms with Crippen LogP contribution in [0.15, 0.2) is 71.6 Å². The van der Waals surface area contributed by atoms with Crippen LogP contribution in [0.1, 0.15) is 17.3 Å². The first-order chi connectivity index (χ1) is 15.3. The van der Waals surface area contributed by atoms with Crippen molar-refractivity contribution in [3.8, 4) is 17.2 Å². The summed E-state index contributed by atoms with van der Waals surface area (Å²) < 4.78 is 43.7. The maximum absolute atomic E-state index is 13.6. The molecule has 0 saturated heterocycles. The summed E-state index contributed by atoms with van der Waals surface area (Å²) in [6.07, 6.45) is 0. The van der Waals surface area contributed by atoms with E-state index in [4.69, 9.17) is 25.8 Å². The van der Waals surface area contributed by atoms with Gasteiger partial charge in [0, 0.05) is 16.7 Å². The second kappa shape index (κ2) is 9.93. The summed E-state index contributed by atoms with van der Waals surface area (Å²) in [7, 11) is -1.40. The predicted octanol–water partition coefficient (Wildman–Crippen LogP) is 4.79. The summed E-state index contributed by atoms with van der Waals surface area (Å²) in [5.74, 6) is 0.475. The summed E-state index contributed by atoms with van der Waals surface area (Å²) >= 11 is 5.91. The minimum atomic E-state index is -4.28. The Morgan fingerprint density at radius 3 is 1.94 bits per heavy atom. The van der Waals surface area contributed by atoms with Crippen LogP contribution in [0.2, 0.25) is 5.02 Å². The molecule has 0 radical (unpaired) electrons. The number of nitrogens with zero attached hydrogens (tertiary/aromatic N) is 1. The number of halogens is 1. The van der Waals surface area contributed by atoms with Crippen molar-refractivity contribution in [3.05, 3.63) is 77.3 Å². The topological polar surface area (TPSA) is 82.1 Å². The van der Waals surface area contributed by atoms with Crippen molar-refractivity contribution in [1.82, 2.24) is 0 Å². The average molecular weight is 476 g/mol. The first kappa shape index (κ1) is 23.4. The van der Waals surface area contributed by atoms with Crippen molar-refractivity contribution in [3.63, 3.8) is 0 Å². The van der Waals surface area contributed by atoms with Gasteiger partial charge in [-0.3, -0.25) is 4.79 Å². The van der Waals surface area contributed by atoms with Crippen LogP contribution < -0.4 is 18.5 Å². The number of hydrogen-bond acceptors (Lipinski definition) is 6. The van der Waals surface area contributed by atoms with Gasteiger partial charge in [0.15, 0.2) is 0 Å². The van der Waals surface area contributed by atoms with Gasteiger partial charge in [0.2, 0.25) is 0 Å².